The predicted molar refractivity (Wildman–Crippen MR) is 59.4 cm³/mol. The maximum atomic E-state index is 11.7. The van der Waals surface area contributed by atoms with Crippen molar-refractivity contribution in [3.05, 3.63) is 0 Å². The molecule has 1 N–H and O–H groups in total. The Balaban J connectivity index is 1.86. The Labute approximate surface area is 101 Å². The number of rotatable bonds is 2. The highest BCUT2D eigenvalue weighted by Gasteiger charge is 2.71. The van der Waals surface area contributed by atoms with Gasteiger partial charge in [0.1, 0.15) is 24.4 Å². The topological polar surface area (TPSA) is 62.3 Å². The molecule has 0 spiro atoms. The van der Waals surface area contributed by atoms with E-state index >= 15 is 0 Å². The largest absolute Gasteiger partial charge is 0.394 e. The third-order valence-electron chi connectivity index (χ3n) is 4.59. The zero-order valence-corrected chi connectivity index (χ0v) is 10.4. The van der Waals surface area contributed by atoms with Gasteiger partial charge in [-0.1, -0.05) is 6.92 Å². The number of hydrogen-bond acceptors (Lipinski definition) is 4. The second-order valence-corrected chi connectivity index (χ2v) is 5.43. The van der Waals surface area contributed by atoms with E-state index in [2.05, 4.69) is 6.92 Å². The van der Waals surface area contributed by atoms with Crippen LogP contribution in [0.4, 0.5) is 0 Å². The molecule has 0 aromatic rings. The van der Waals surface area contributed by atoms with Crippen molar-refractivity contribution in [1.82, 2.24) is 4.90 Å². The van der Waals surface area contributed by atoms with Crippen LogP contribution in [-0.2, 0) is 14.3 Å². The van der Waals surface area contributed by atoms with E-state index < -0.39 is 0 Å². The number of aliphatic hydroxyl groups is 1. The average molecular weight is 241 g/mol. The highest BCUT2D eigenvalue weighted by molar-refractivity contribution is 5.76. The molecule has 0 saturated carbocycles. The van der Waals surface area contributed by atoms with Crippen LogP contribution >= 0.6 is 0 Å². The Hall–Kier alpha value is -0.650. The summed E-state index contributed by atoms with van der Waals surface area (Å²) in [6.07, 6.45) is 0.668. The van der Waals surface area contributed by atoms with Gasteiger partial charge in [-0.2, -0.15) is 0 Å². The molecule has 5 heteroatoms. The summed E-state index contributed by atoms with van der Waals surface area (Å²) in [4.78, 5) is 13.6. The fourth-order valence-corrected chi connectivity index (χ4v) is 3.51. The monoisotopic (exact) mass is 241 g/mol. The Morgan fingerprint density at radius 1 is 1.41 bits per heavy atom. The first-order chi connectivity index (χ1) is 8.04. The minimum Gasteiger partial charge on any atom is -0.394 e. The van der Waals surface area contributed by atoms with E-state index in [0.29, 0.717) is 0 Å². The first-order valence-corrected chi connectivity index (χ1v) is 6.26. The molecule has 5 nitrogen and oxygen atoms in total. The zero-order chi connectivity index (χ0) is 12.4. The summed E-state index contributed by atoms with van der Waals surface area (Å²) in [7, 11) is 0. The summed E-state index contributed by atoms with van der Waals surface area (Å²) in [6, 6.07) is 0.0465. The van der Waals surface area contributed by atoms with Gasteiger partial charge < -0.3 is 19.5 Å². The SMILES string of the molecule is CC[C@@]1(C)C2OC(CO)C3OC3C2N1C(C)=O. The number of ether oxygens (including phenoxy) is 2. The number of epoxide rings is 1. The van der Waals surface area contributed by atoms with Crippen LogP contribution in [0.25, 0.3) is 0 Å². The van der Waals surface area contributed by atoms with Gasteiger partial charge in [0.2, 0.25) is 5.91 Å². The maximum Gasteiger partial charge on any atom is 0.220 e. The van der Waals surface area contributed by atoms with Gasteiger partial charge >= 0.3 is 0 Å². The third-order valence-corrected chi connectivity index (χ3v) is 4.59. The Bertz CT molecular complexity index is 360. The van der Waals surface area contributed by atoms with Crippen LogP contribution in [-0.4, -0.2) is 58.5 Å². The van der Waals surface area contributed by atoms with E-state index in [1.165, 1.54) is 0 Å². The molecule has 0 aliphatic carbocycles. The number of aliphatic hydroxyl groups excluding tert-OH is 1. The molecule has 5 unspecified atom stereocenters. The lowest BCUT2D eigenvalue weighted by Gasteiger charge is -2.63. The van der Waals surface area contributed by atoms with E-state index in [9.17, 15) is 9.90 Å². The molecule has 3 aliphatic rings. The standard InChI is InChI=1S/C12H19NO4/c1-4-12(3)11-8(13(12)6(2)15)10-9(17-10)7(5-14)16-11/h7-11,14H,4-5H2,1-3H3/t7?,8?,9?,10?,11?,12-/m0/s1. The predicted octanol–water partition coefficient (Wildman–Crippen LogP) is -0.0871. The van der Waals surface area contributed by atoms with Crippen LogP contribution in [0.2, 0.25) is 0 Å². The lowest BCUT2D eigenvalue weighted by Crippen LogP contribution is -2.80. The summed E-state index contributed by atoms with van der Waals surface area (Å²) in [5.74, 6) is 0.0795. The molecule has 6 atom stereocenters. The minimum atomic E-state index is -0.249. The highest BCUT2D eigenvalue weighted by atomic mass is 16.6. The molecule has 1 amide bonds. The molecular weight excluding hydrogens is 222 g/mol. The molecule has 0 bridgehead atoms. The van der Waals surface area contributed by atoms with E-state index in [1.54, 1.807) is 6.92 Å². The van der Waals surface area contributed by atoms with Crippen molar-refractivity contribution in [3.63, 3.8) is 0 Å². The molecular formula is C12H19NO4. The van der Waals surface area contributed by atoms with Crippen molar-refractivity contribution in [2.75, 3.05) is 6.61 Å². The van der Waals surface area contributed by atoms with Crippen LogP contribution in [0.5, 0.6) is 0 Å². The molecule has 3 rings (SSSR count). The molecule has 3 fully saturated rings. The van der Waals surface area contributed by atoms with Crippen LogP contribution in [0, 0.1) is 0 Å². The Morgan fingerprint density at radius 3 is 2.65 bits per heavy atom. The number of likely N-dealkylation sites (tertiary alicyclic amines) is 1. The average Bonchev–Trinajstić information content (AvgIpc) is 3.06. The maximum absolute atomic E-state index is 11.7. The summed E-state index contributed by atoms with van der Waals surface area (Å²) >= 11 is 0. The molecule has 0 radical (unpaired) electrons. The van der Waals surface area contributed by atoms with Gasteiger partial charge in [0, 0.05) is 6.92 Å². The molecule has 17 heavy (non-hydrogen) atoms. The second kappa shape index (κ2) is 3.43. The van der Waals surface area contributed by atoms with Gasteiger partial charge in [-0.15, -0.1) is 0 Å². The quantitative estimate of drug-likeness (QED) is 0.686. The van der Waals surface area contributed by atoms with Gasteiger partial charge in [-0.05, 0) is 13.3 Å². The van der Waals surface area contributed by atoms with Crippen molar-refractivity contribution < 1.29 is 19.4 Å². The molecule has 0 aromatic heterocycles. The molecule has 3 saturated heterocycles. The van der Waals surface area contributed by atoms with Crippen molar-refractivity contribution in [1.29, 1.82) is 0 Å². The van der Waals surface area contributed by atoms with E-state index in [-0.39, 0.29) is 48.5 Å². The minimum absolute atomic E-state index is 0.00250. The van der Waals surface area contributed by atoms with Gasteiger partial charge in [0.15, 0.2) is 0 Å². The lowest BCUT2D eigenvalue weighted by molar-refractivity contribution is -0.236. The van der Waals surface area contributed by atoms with Crippen molar-refractivity contribution in [3.8, 4) is 0 Å². The molecule has 96 valence electrons. The number of carbonyl (C=O) groups is 1. The zero-order valence-electron chi connectivity index (χ0n) is 10.4. The first kappa shape index (κ1) is 11.4. The number of fused-ring (bicyclic) bond motifs is 3. The van der Waals surface area contributed by atoms with Crippen molar-refractivity contribution in [2.24, 2.45) is 0 Å². The number of nitrogens with zero attached hydrogens (tertiary/aromatic N) is 1. The fourth-order valence-electron chi connectivity index (χ4n) is 3.51. The second-order valence-electron chi connectivity index (χ2n) is 5.43. The molecule has 3 aliphatic heterocycles. The van der Waals surface area contributed by atoms with E-state index in [4.69, 9.17) is 9.47 Å². The van der Waals surface area contributed by atoms with E-state index in [1.807, 2.05) is 11.8 Å². The van der Waals surface area contributed by atoms with Crippen LogP contribution in [0.1, 0.15) is 27.2 Å². The summed E-state index contributed by atoms with van der Waals surface area (Å²) in [6.45, 7) is 5.69. The number of carbonyl (C=O) groups excluding carboxylic acids is 1. The number of amides is 1. The summed E-state index contributed by atoms with van der Waals surface area (Å²) in [5, 5.41) is 9.25. The molecule has 3 heterocycles. The Kier molecular flexibility index (Phi) is 2.31. The van der Waals surface area contributed by atoms with Gasteiger partial charge in [-0.3, -0.25) is 4.79 Å². The molecule has 0 aromatic carbocycles. The first-order valence-electron chi connectivity index (χ1n) is 6.26. The fraction of sp³-hybridized carbons (Fsp3) is 0.917. The van der Waals surface area contributed by atoms with Crippen molar-refractivity contribution >= 4 is 5.91 Å². The summed E-state index contributed by atoms with van der Waals surface area (Å²) in [5.41, 5.74) is -0.249. The highest BCUT2D eigenvalue weighted by Crippen LogP contribution is 2.52. The lowest BCUT2D eigenvalue weighted by atomic mass is 9.71. The smallest absolute Gasteiger partial charge is 0.220 e. The normalized spacial score (nSPS) is 51.3. The van der Waals surface area contributed by atoms with Gasteiger partial charge in [0.25, 0.3) is 0 Å². The summed E-state index contributed by atoms with van der Waals surface area (Å²) < 4.78 is 11.5. The van der Waals surface area contributed by atoms with Crippen LogP contribution in [0.3, 0.4) is 0 Å². The van der Waals surface area contributed by atoms with Gasteiger partial charge in [-0.25, -0.2) is 0 Å². The number of hydrogen-bond donors (Lipinski definition) is 1. The van der Waals surface area contributed by atoms with Gasteiger partial charge in [0.05, 0.1) is 18.2 Å². The van der Waals surface area contributed by atoms with Crippen molar-refractivity contribution in [2.45, 2.75) is 63.2 Å². The Morgan fingerprint density at radius 2 is 2.12 bits per heavy atom. The van der Waals surface area contributed by atoms with Crippen LogP contribution < -0.4 is 0 Å². The third kappa shape index (κ3) is 1.27. The van der Waals surface area contributed by atoms with E-state index in [0.717, 1.165) is 6.42 Å². The van der Waals surface area contributed by atoms with Crippen LogP contribution in [0.15, 0.2) is 0 Å².